The first-order valence-electron chi connectivity index (χ1n) is 8.69. The molecule has 0 unspecified atom stereocenters. The third-order valence-electron chi connectivity index (χ3n) is 5.04. The molecule has 3 N–H and O–H groups in total. The molecule has 1 aliphatic rings. The Morgan fingerprint density at radius 2 is 1.89 bits per heavy atom. The normalized spacial score (nSPS) is 18.4. The zero-order valence-electron chi connectivity index (χ0n) is 14.7. The van der Waals surface area contributed by atoms with Gasteiger partial charge in [-0.3, -0.25) is 9.59 Å². The highest BCUT2D eigenvalue weighted by atomic mass is 35.5. The summed E-state index contributed by atoms with van der Waals surface area (Å²) in [4.78, 5) is 27.8. The Balaban J connectivity index is 0.00000210. The van der Waals surface area contributed by atoms with E-state index in [0.29, 0.717) is 12.2 Å². The number of hydrogen-bond donors (Lipinski definition) is 2. The van der Waals surface area contributed by atoms with E-state index in [1.165, 1.54) is 0 Å². The van der Waals surface area contributed by atoms with Crippen molar-refractivity contribution in [2.24, 2.45) is 11.7 Å². The van der Waals surface area contributed by atoms with Crippen molar-refractivity contribution in [3.63, 3.8) is 0 Å². The maximum absolute atomic E-state index is 12.4. The zero-order chi connectivity index (χ0) is 18.1. The fraction of sp³-hybridized carbons (Fsp3) is 0.250. The molecule has 140 valence electrons. The molecule has 1 fully saturated rings. The first-order chi connectivity index (χ1) is 12.6. The second kappa shape index (κ2) is 7.80. The predicted octanol–water partition coefficient (Wildman–Crippen LogP) is 3.08. The van der Waals surface area contributed by atoms with Crippen LogP contribution >= 0.6 is 12.4 Å². The molecule has 4 rings (SSSR count). The number of rotatable bonds is 5. The van der Waals surface area contributed by atoms with Crippen LogP contribution in [0.5, 0.6) is 0 Å². The van der Waals surface area contributed by atoms with Gasteiger partial charge in [-0.15, -0.1) is 12.4 Å². The van der Waals surface area contributed by atoms with Crippen LogP contribution in [0.25, 0.3) is 10.8 Å². The lowest BCUT2D eigenvalue weighted by atomic mass is 9.80. The molecule has 0 aliphatic heterocycles. The molecular weight excluding hydrogens is 364 g/mol. The van der Waals surface area contributed by atoms with Gasteiger partial charge in [0.05, 0.1) is 12.7 Å². The van der Waals surface area contributed by atoms with E-state index in [9.17, 15) is 9.59 Å². The Labute approximate surface area is 163 Å². The Morgan fingerprint density at radius 3 is 2.67 bits per heavy atom. The van der Waals surface area contributed by atoms with Crippen molar-refractivity contribution in [3.05, 3.63) is 60.6 Å². The number of nitrogens with one attached hydrogen (secondary N) is 1. The lowest BCUT2D eigenvalue weighted by Crippen LogP contribution is -2.36. The van der Waals surface area contributed by atoms with E-state index in [0.717, 1.165) is 29.2 Å². The molecule has 0 bridgehead atoms. The van der Waals surface area contributed by atoms with E-state index in [2.05, 4.69) is 10.3 Å². The van der Waals surface area contributed by atoms with Crippen molar-refractivity contribution in [3.8, 4) is 0 Å². The number of fused-ring (bicyclic) bond motifs is 1. The lowest BCUT2D eigenvalue weighted by molar-refractivity contribution is -0.125. The van der Waals surface area contributed by atoms with Crippen LogP contribution in [0, 0.1) is 5.92 Å². The first-order valence-corrected chi connectivity index (χ1v) is 8.69. The molecule has 0 radical (unpaired) electrons. The molecule has 1 heterocycles. The van der Waals surface area contributed by atoms with E-state index >= 15 is 0 Å². The van der Waals surface area contributed by atoms with Gasteiger partial charge in [-0.2, -0.15) is 0 Å². The number of hydrogen-bond acceptors (Lipinski definition) is 3. The minimum atomic E-state index is -0.245. The number of primary amides is 1. The van der Waals surface area contributed by atoms with Crippen LogP contribution < -0.4 is 11.1 Å². The molecular formula is C20H21ClN4O2. The van der Waals surface area contributed by atoms with Crippen molar-refractivity contribution in [2.75, 3.05) is 5.32 Å². The van der Waals surface area contributed by atoms with E-state index in [-0.39, 0.29) is 36.2 Å². The van der Waals surface area contributed by atoms with Gasteiger partial charge >= 0.3 is 0 Å². The van der Waals surface area contributed by atoms with Crippen LogP contribution in [0.15, 0.2) is 55.0 Å². The van der Waals surface area contributed by atoms with Gasteiger partial charge in [0, 0.05) is 18.2 Å². The topological polar surface area (TPSA) is 90.0 Å². The second-order valence-electron chi connectivity index (χ2n) is 6.79. The average Bonchev–Trinajstić information content (AvgIpc) is 3.01. The number of halogens is 1. The monoisotopic (exact) mass is 384 g/mol. The maximum atomic E-state index is 12.4. The van der Waals surface area contributed by atoms with Gasteiger partial charge in [0.1, 0.15) is 0 Å². The summed E-state index contributed by atoms with van der Waals surface area (Å²) in [5, 5.41) is 5.06. The number of nitrogens with zero attached hydrogens (tertiary/aromatic N) is 2. The van der Waals surface area contributed by atoms with Gasteiger partial charge in [0.25, 0.3) is 0 Å². The van der Waals surface area contributed by atoms with E-state index < -0.39 is 0 Å². The van der Waals surface area contributed by atoms with Gasteiger partial charge in [0.2, 0.25) is 11.8 Å². The van der Waals surface area contributed by atoms with Gasteiger partial charge in [-0.05, 0) is 29.2 Å². The highest BCUT2D eigenvalue weighted by Gasteiger charge is 2.34. The van der Waals surface area contributed by atoms with Gasteiger partial charge in [-0.25, -0.2) is 4.98 Å². The molecule has 1 aromatic heterocycles. The Morgan fingerprint density at radius 1 is 1.15 bits per heavy atom. The summed E-state index contributed by atoms with van der Waals surface area (Å²) < 4.78 is 1.94. The highest BCUT2D eigenvalue weighted by molar-refractivity contribution is 5.95. The number of nitrogens with two attached hydrogens (primary N) is 1. The van der Waals surface area contributed by atoms with Crippen molar-refractivity contribution in [1.82, 2.24) is 9.55 Å². The smallest absolute Gasteiger partial charge is 0.230 e. The van der Waals surface area contributed by atoms with Gasteiger partial charge < -0.3 is 15.6 Å². The van der Waals surface area contributed by atoms with Gasteiger partial charge in [-0.1, -0.05) is 42.5 Å². The lowest BCUT2D eigenvalue weighted by Gasteiger charge is -2.33. The summed E-state index contributed by atoms with van der Waals surface area (Å²) in [5.41, 5.74) is 6.29. The highest BCUT2D eigenvalue weighted by Crippen LogP contribution is 2.37. The quantitative estimate of drug-likeness (QED) is 0.708. The minimum absolute atomic E-state index is 0. The van der Waals surface area contributed by atoms with Crippen LogP contribution in [-0.2, 0) is 16.0 Å². The van der Waals surface area contributed by atoms with Crippen molar-refractivity contribution >= 4 is 40.8 Å². The third-order valence-corrected chi connectivity index (χ3v) is 5.04. The largest absolute Gasteiger partial charge is 0.369 e. The predicted molar refractivity (Wildman–Crippen MR) is 107 cm³/mol. The Hall–Kier alpha value is -2.86. The van der Waals surface area contributed by atoms with Crippen molar-refractivity contribution in [1.29, 1.82) is 0 Å². The van der Waals surface area contributed by atoms with E-state index in [1.807, 2.05) is 53.2 Å². The number of imidazole rings is 1. The molecule has 0 spiro atoms. The van der Waals surface area contributed by atoms with E-state index in [1.54, 1.807) is 6.33 Å². The number of amides is 2. The summed E-state index contributed by atoms with van der Waals surface area (Å²) in [7, 11) is 0. The first kappa shape index (κ1) is 18.9. The molecule has 2 amide bonds. The van der Waals surface area contributed by atoms with Crippen molar-refractivity contribution in [2.45, 2.75) is 25.3 Å². The summed E-state index contributed by atoms with van der Waals surface area (Å²) in [6.07, 6.45) is 5.25. The van der Waals surface area contributed by atoms with Crippen molar-refractivity contribution < 1.29 is 9.59 Å². The average molecular weight is 385 g/mol. The molecule has 27 heavy (non-hydrogen) atoms. The van der Waals surface area contributed by atoms with Crippen LogP contribution in [0.2, 0.25) is 0 Å². The second-order valence-corrected chi connectivity index (χ2v) is 6.79. The molecule has 0 saturated heterocycles. The van der Waals surface area contributed by atoms with Crippen LogP contribution in [0.3, 0.4) is 0 Å². The van der Waals surface area contributed by atoms with Crippen LogP contribution in [0.1, 0.15) is 24.4 Å². The minimum Gasteiger partial charge on any atom is -0.369 e. The van der Waals surface area contributed by atoms with Gasteiger partial charge in [0.15, 0.2) is 5.82 Å². The summed E-state index contributed by atoms with van der Waals surface area (Å²) in [6.45, 7) is 0. The summed E-state index contributed by atoms with van der Waals surface area (Å²) >= 11 is 0. The molecule has 7 heteroatoms. The Kier molecular flexibility index (Phi) is 5.46. The molecule has 1 aliphatic carbocycles. The number of anilines is 1. The fourth-order valence-electron chi connectivity index (χ4n) is 3.47. The number of aromatic nitrogens is 2. The number of benzene rings is 2. The zero-order valence-corrected chi connectivity index (χ0v) is 15.5. The molecule has 2 aromatic carbocycles. The summed E-state index contributed by atoms with van der Waals surface area (Å²) in [6, 6.07) is 14.2. The number of carbonyl (C=O) groups excluding carboxylic acids is 2. The molecule has 1 saturated carbocycles. The summed E-state index contributed by atoms with van der Waals surface area (Å²) in [5.74, 6) is 0.129. The van der Waals surface area contributed by atoms with E-state index in [4.69, 9.17) is 5.73 Å². The molecule has 3 aromatic rings. The Bertz CT molecular complexity index is 974. The third kappa shape index (κ3) is 3.95. The molecule has 6 nitrogen and oxygen atoms in total. The van der Waals surface area contributed by atoms with Crippen LogP contribution in [-0.4, -0.2) is 21.4 Å². The number of carbonyl (C=O) groups is 2. The van der Waals surface area contributed by atoms with Crippen LogP contribution in [0.4, 0.5) is 5.82 Å². The maximum Gasteiger partial charge on any atom is 0.230 e. The fourth-order valence-corrected chi connectivity index (χ4v) is 3.47. The standard InChI is InChI=1S/C20H20N4O2.ClH/c21-20(26)15-8-16(9-15)24-11-18(22-12-24)23-19(25)10-14-6-3-5-13-4-1-2-7-17(13)14;/h1-7,11-12,15-16H,8-10H2,(H2,21,26)(H,23,25);1H. The SMILES string of the molecule is Cl.NC(=O)C1CC(n2cnc(NC(=O)Cc3cccc4ccccc34)c2)C1. The molecule has 0 atom stereocenters.